The van der Waals surface area contributed by atoms with Crippen LogP contribution in [0.5, 0.6) is 5.75 Å². The van der Waals surface area contributed by atoms with E-state index in [9.17, 15) is 4.79 Å². The zero-order chi connectivity index (χ0) is 20.7. The van der Waals surface area contributed by atoms with E-state index in [1.54, 1.807) is 12.3 Å². The molecule has 0 aliphatic rings. The quantitative estimate of drug-likeness (QED) is 0.582. The van der Waals surface area contributed by atoms with Crippen molar-refractivity contribution in [3.8, 4) is 17.0 Å². The summed E-state index contributed by atoms with van der Waals surface area (Å²) in [5.41, 5.74) is 3.25. The molecule has 0 radical (unpaired) electrons. The van der Waals surface area contributed by atoms with Crippen LogP contribution in [0.15, 0.2) is 72.9 Å². The fourth-order valence-corrected chi connectivity index (χ4v) is 2.97. The van der Waals surface area contributed by atoms with Crippen molar-refractivity contribution in [2.75, 3.05) is 6.54 Å². The predicted octanol–water partition coefficient (Wildman–Crippen LogP) is 5.49. The minimum Gasteiger partial charge on any atom is -0.488 e. The average molecular weight is 389 g/mol. The lowest BCUT2D eigenvalue weighted by molar-refractivity contribution is 0.0950. The lowest BCUT2D eigenvalue weighted by atomic mass is 9.92. The van der Waals surface area contributed by atoms with Gasteiger partial charge >= 0.3 is 0 Å². The third-order valence-corrected chi connectivity index (χ3v) is 4.59. The van der Waals surface area contributed by atoms with Gasteiger partial charge in [0.25, 0.3) is 5.91 Å². The normalized spacial score (nSPS) is 11.1. The summed E-state index contributed by atoms with van der Waals surface area (Å²) in [6.45, 7) is 7.57. The molecule has 1 amide bonds. The van der Waals surface area contributed by atoms with Crippen LogP contribution in [0.25, 0.3) is 11.3 Å². The van der Waals surface area contributed by atoms with Gasteiger partial charge in [-0.25, -0.2) is 0 Å². The summed E-state index contributed by atoms with van der Waals surface area (Å²) in [5.74, 6) is 0.592. The zero-order valence-electron chi connectivity index (χ0n) is 17.3. The largest absolute Gasteiger partial charge is 0.488 e. The van der Waals surface area contributed by atoms with E-state index in [0.29, 0.717) is 30.2 Å². The van der Waals surface area contributed by atoms with Crippen molar-refractivity contribution in [3.05, 3.63) is 84.1 Å². The van der Waals surface area contributed by atoms with E-state index in [4.69, 9.17) is 4.74 Å². The van der Waals surface area contributed by atoms with Gasteiger partial charge in [-0.3, -0.25) is 9.78 Å². The van der Waals surface area contributed by atoms with Crippen LogP contribution in [0.4, 0.5) is 0 Å². The molecule has 2 aromatic carbocycles. The highest BCUT2D eigenvalue weighted by Crippen LogP contribution is 2.31. The molecule has 3 rings (SSSR count). The monoisotopic (exact) mass is 388 g/mol. The molecule has 1 aromatic heterocycles. The molecule has 0 saturated carbocycles. The van der Waals surface area contributed by atoms with Gasteiger partial charge in [0.1, 0.15) is 12.4 Å². The van der Waals surface area contributed by atoms with Crippen LogP contribution in [-0.4, -0.2) is 17.4 Å². The number of ether oxygens (including phenoxy) is 1. The van der Waals surface area contributed by atoms with Gasteiger partial charge in [-0.15, -0.1) is 0 Å². The lowest BCUT2D eigenvalue weighted by Gasteiger charge is -2.18. The SMILES string of the molecule is CC(C)(C)CCNC(=O)c1cccnc1-c1ccccc1OCc1ccccc1. The van der Waals surface area contributed by atoms with Crippen molar-refractivity contribution < 1.29 is 9.53 Å². The second-order valence-electron chi connectivity index (χ2n) is 8.24. The van der Waals surface area contributed by atoms with E-state index >= 15 is 0 Å². The minimum absolute atomic E-state index is 0.116. The summed E-state index contributed by atoms with van der Waals surface area (Å²) in [6, 6.07) is 21.3. The number of hydrogen-bond donors (Lipinski definition) is 1. The Hall–Kier alpha value is -3.14. The molecule has 3 aromatic rings. The van der Waals surface area contributed by atoms with Crippen molar-refractivity contribution >= 4 is 5.91 Å². The van der Waals surface area contributed by atoms with Crippen LogP contribution >= 0.6 is 0 Å². The molecule has 4 heteroatoms. The fourth-order valence-electron chi connectivity index (χ4n) is 2.97. The number of carbonyl (C=O) groups is 1. The van der Waals surface area contributed by atoms with E-state index in [0.717, 1.165) is 17.5 Å². The van der Waals surface area contributed by atoms with Gasteiger partial charge in [0.15, 0.2) is 0 Å². The molecule has 0 bridgehead atoms. The Balaban J connectivity index is 1.81. The molecule has 1 heterocycles. The van der Waals surface area contributed by atoms with Crippen molar-refractivity contribution in [1.82, 2.24) is 10.3 Å². The standard InChI is InChI=1S/C25H28N2O2/c1-25(2,3)15-17-27-24(28)21-13-9-16-26-23(21)20-12-7-8-14-22(20)29-18-19-10-5-4-6-11-19/h4-14,16H,15,17-18H2,1-3H3,(H,27,28). The molecule has 0 unspecified atom stereocenters. The van der Waals surface area contributed by atoms with Gasteiger partial charge in [0.2, 0.25) is 0 Å². The second-order valence-corrected chi connectivity index (χ2v) is 8.24. The molecular formula is C25H28N2O2. The van der Waals surface area contributed by atoms with E-state index in [-0.39, 0.29) is 11.3 Å². The van der Waals surface area contributed by atoms with Gasteiger partial charge in [0, 0.05) is 18.3 Å². The molecule has 0 aliphatic heterocycles. The first kappa shape index (κ1) is 20.6. The minimum atomic E-state index is -0.116. The molecule has 0 aliphatic carbocycles. The van der Waals surface area contributed by atoms with Crippen LogP contribution in [0.1, 0.15) is 43.1 Å². The predicted molar refractivity (Wildman–Crippen MR) is 117 cm³/mol. The Morgan fingerprint density at radius 2 is 1.69 bits per heavy atom. The third-order valence-electron chi connectivity index (χ3n) is 4.59. The highest BCUT2D eigenvalue weighted by atomic mass is 16.5. The summed E-state index contributed by atoms with van der Waals surface area (Å²) >= 11 is 0. The summed E-state index contributed by atoms with van der Waals surface area (Å²) in [5, 5.41) is 3.02. The number of benzene rings is 2. The number of nitrogens with one attached hydrogen (secondary N) is 1. The van der Waals surface area contributed by atoms with E-state index in [2.05, 4.69) is 31.1 Å². The first-order valence-corrected chi connectivity index (χ1v) is 9.93. The van der Waals surface area contributed by atoms with Gasteiger partial charge in [0.05, 0.1) is 11.3 Å². The van der Waals surface area contributed by atoms with Gasteiger partial charge in [-0.1, -0.05) is 63.2 Å². The molecule has 0 atom stereocenters. The van der Waals surface area contributed by atoms with Crippen molar-refractivity contribution in [3.63, 3.8) is 0 Å². The average Bonchev–Trinajstić information content (AvgIpc) is 2.72. The number of pyridine rings is 1. The van der Waals surface area contributed by atoms with E-state index in [1.165, 1.54) is 0 Å². The molecule has 0 saturated heterocycles. The Morgan fingerprint density at radius 3 is 2.45 bits per heavy atom. The van der Waals surface area contributed by atoms with Gasteiger partial charge in [-0.05, 0) is 41.7 Å². The topological polar surface area (TPSA) is 51.2 Å². The highest BCUT2D eigenvalue weighted by Gasteiger charge is 2.18. The summed E-state index contributed by atoms with van der Waals surface area (Å²) in [4.78, 5) is 17.3. The number of para-hydroxylation sites is 1. The maximum absolute atomic E-state index is 12.8. The highest BCUT2D eigenvalue weighted by molar-refractivity contribution is 6.00. The summed E-state index contributed by atoms with van der Waals surface area (Å²) in [7, 11) is 0. The molecule has 29 heavy (non-hydrogen) atoms. The van der Waals surface area contributed by atoms with Crippen molar-refractivity contribution in [2.45, 2.75) is 33.8 Å². The molecule has 0 spiro atoms. The summed E-state index contributed by atoms with van der Waals surface area (Å²) < 4.78 is 6.07. The van der Waals surface area contributed by atoms with Crippen LogP contribution < -0.4 is 10.1 Å². The number of hydrogen-bond acceptors (Lipinski definition) is 3. The number of amides is 1. The summed E-state index contributed by atoms with van der Waals surface area (Å²) in [6.07, 6.45) is 2.61. The molecule has 150 valence electrons. The first-order valence-electron chi connectivity index (χ1n) is 9.93. The Bertz CT molecular complexity index is 946. The maximum atomic E-state index is 12.8. The molecule has 4 nitrogen and oxygen atoms in total. The Labute approximate surface area is 173 Å². The second kappa shape index (κ2) is 9.37. The Kier molecular flexibility index (Phi) is 6.65. The number of carbonyl (C=O) groups excluding carboxylic acids is 1. The van der Waals surface area contributed by atoms with E-state index in [1.807, 2.05) is 60.7 Å². The van der Waals surface area contributed by atoms with Crippen LogP contribution in [0, 0.1) is 5.41 Å². The van der Waals surface area contributed by atoms with E-state index < -0.39 is 0 Å². The fraction of sp³-hybridized carbons (Fsp3) is 0.280. The smallest absolute Gasteiger partial charge is 0.253 e. The van der Waals surface area contributed by atoms with Crippen LogP contribution in [-0.2, 0) is 6.61 Å². The molecule has 0 fully saturated rings. The number of nitrogens with zero attached hydrogens (tertiary/aromatic N) is 1. The van der Waals surface area contributed by atoms with Crippen molar-refractivity contribution in [2.24, 2.45) is 5.41 Å². The van der Waals surface area contributed by atoms with Crippen molar-refractivity contribution in [1.29, 1.82) is 0 Å². The number of rotatable bonds is 7. The Morgan fingerprint density at radius 1 is 0.966 bits per heavy atom. The molecule has 1 N–H and O–H groups in total. The maximum Gasteiger partial charge on any atom is 0.253 e. The molecular weight excluding hydrogens is 360 g/mol. The third kappa shape index (κ3) is 5.92. The number of aromatic nitrogens is 1. The van der Waals surface area contributed by atoms with Gasteiger partial charge < -0.3 is 10.1 Å². The van der Waals surface area contributed by atoms with Crippen LogP contribution in [0.3, 0.4) is 0 Å². The van der Waals surface area contributed by atoms with Gasteiger partial charge in [-0.2, -0.15) is 0 Å². The van der Waals surface area contributed by atoms with Crippen LogP contribution in [0.2, 0.25) is 0 Å². The lowest BCUT2D eigenvalue weighted by Crippen LogP contribution is -2.27. The zero-order valence-corrected chi connectivity index (χ0v) is 17.3. The first-order chi connectivity index (χ1) is 13.9.